The Hall–Kier alpha value is -1.97. The molecule has 0 saturated carbocycles. The molecule has 0 aliphatic heterocycles. The molecular weight excluding hydrogens is 336 g/mol. The molecule has 146 valence electrons. The summed E-state index contributed by atoms with van der Waals surface area (Å²) in [7, 11) is 0. The number of hydrogen-bond donors (Lipinski definition) is 2. The Morgan fingerprint density at radius 2 is 1.26 bits per heavy atom. The lowest BCUT2D eigenvalue weighted by Crippen LogP contribution is -2.19. The maximum absolute atomic E-state index is 11.6. The molecule has 2 aromatic rings. The summed E-state index contributed by atoms with van der Waals surface area (Å²) in [5.41, 5.74) is 4.27. The molecule has 3 heteroatoms. The number of carbonyl (C=O) groups excluding carboxylic acids is 1. The Kier molecular flexibility index (Phi) is 7.76. The third-order valence-corrected chi connectivity index (χ3v) is 5.72. The van der Waals surface area contributed by atoms with Crippen molar-refractivity contribution in [3.8, 4) is 0 Å². The highest BCUT2D eigenvalue weighted by Gasteiger charge is 2.17. The standard InChI is InChI=1S/C24H32O3/c1-5-16(3)19-7-11-21(12-8-19)18(6-2)15-17(4)20-9-13-22(14-10-20)23(25)24(26)27/h7-14,16-18,24,26-27H,5-6,15H2,1-4H3. The van der Waals surface area contributed by atoms with Crippen LogP contribution in [0.3, 0.4) is 0 Å². The van der Waals surface area contributed by atoms with E-state index in [1.165, 1.54) is 11.1 Å². The van der Waals surface area contributed by atoms with Crippen LogP contribution in [0.2, 0.25) is 0 Å². The normalized spacial score (nSPS) is 14.8. The SMILES string of the molecule is CCC(C)c1ccc(C(CC)CC(C)c2ccc(C(=O)C(O)O)cc2)cc1. The van der Waals surface area contributed by atoms with Crippen LogP contribution in [0.15, 0.2) is 48.5 Å². The highest BCUT2D eigenvalue weighted by atomic mass is 16.5. The van der Waals surface area contributed by atoms with E-state index in [-0.39, 0.29) is 0 Å². The summed E-state index contributed by atoms with van der Waals surface area (Å²) in [5.74, 6) is 0.776. The van der Waals surface area contributed by atoms with Gasteiger partial charge in [0, 0.05) is 5.56 Å². The van der Waals surface area contributed by atoms with Gasteiger partial charge in [0.1, 0.15) is 0 Å². The van der Waals surface area contributed by atoms with Crippen LogP contribution in [0.1, 0.15) is 91.8 Å². The molecular formula is C24H32O3. The third kappa shape index (κ3) is 5.50. The van der Waals surface area contributed by atoms with Crippen molar-refractivity contribution in [2.45, 2.75) is 71.0 Å². The first kappa shape index (κ1) is 21.3. The molecule has 0 aromatic heterocycles. The van der Waals surface area contributed by atoms with E-state index in [2.05, 4.69) is 52.0 Å². The molecule has 2 N–H and O–H groups in total. The van der Waals surface area contributed by atoms with E-state index < -0.39 is 12.1 Å². The van der Waals surface area contributed by atoms with Gasteiger partial charge in [-0.25, -0.2) is 0 Å². The van der Waals surface area contributed by atoms with Crippen LogP contribution in [0.25, 0.3) is 0 Å². The number of benzene rings is 2. The van der Waals surface area contributed by atoms with Crippen LogP contribution in [-0.2, 0) is 0 Å². The van der Waals surface area contributed by atoms with Crippen LogP contribution in [-0.4, -0.2) is 22.3 Å². The first-order valence-corrected chi connectivity index (χ1v) is 9.97. The molecule has 3 nitrogen and oxygen atoms in total. The van der Waals surface area contributed by atoms with Crippen molar-refractivity contribution in [3.63, 3.8) is 0 Å². The average molecular weight is 369 g/mol. The Balaban J connectivity index is 2.08. The molecule has 2 aromatic carbocycles. The van der Waals surface area contributed by atoms with Crippen molar-refractivity contribution in [3.05, 3.63) is 70.8 Å². The molecule has 0 fully saturated rings. The lowest BCUT2D eigenvalue weighted by atomic mass is 9.83. The maximum Gasteiger partial charge on any atom is 0.218 e. The Bertz CT molecular complexity index is 716. The molecule has 3 unspecified atom stereocenters. The van der Waals surface area contributed by atoms with Crippen LogP contribution in [0.4, 0.5) is 0 Å². The Morgan fingerprint density at radius 3 is 1.74 bits per heavy atom. The van der Waals surface area contributed by atoms with Crippen LogP contribution in [0.5, 0.6) is 0 Å². The van der Waals surface area contributed by atoms with Gasteiger partial charge in [-0.15, -0.1) is 0 Å². The van der Waals surface area contributed by atoms with E-state index in [0.29, 0.717) is 23.3 Å². The van der Waals surface area contributed by atoms with Gasteiger partial charge in [0.25, 0.3) is 0 Å². The number of Topliss-reactive ketones (excluding diaryl/α,β-unsaturated/α-hetero) is 1. The fraction of sp³-hybridized carbons (Fsp3) is 0.458. The summed E-state index contributed by atoms with van der Waals surface area (Å²) in [6.45, 7) is 8.91. The van der Waals surface area contributed by atoms with Gasteiger partial charge in [-0.05, 0) is 53.7 Å². The van der Waals surface area contributed by atoms with Gasteiger partial charge in [0.2, 0.25) is 12.1 Å². The Morgan fingerprint density at radius 1 is 0.778 bits per heavy atom. The van der Waals surface area contributed by atoms with Gasteiger partial charge < -0.3 is 10.2 Å². The number of ketones is 1. The van der Waals surface area contributed by atoms with Crippen molar-refractivity contribution < 1.29 is 15.0 Å². The van der Waals surface area contributed by atoms with Gasteiger partial charge in [-0.2, -0.15) is 0 Å². The lowest BCUT2D eigenvalue weighted by molar-refractivity contribution is -0.0195. The second kappa shape index (κ2) is 9.82. The molecule has 0 spiro atoms. The number of aliphatic hydroxyl groups excluding tert-OH is 1. The number of rotatable bonds is 9. The number of aliphatic hydroxyl groups is 2. The zero-order valence-corrected chi connectivity index (χ0v) is 16.9. The molecule has 0 aliphatic rings. The molecule has 0 heterocycles. The summed E-state index contributed by atoms with van der Waals surface area (Å²) >= 11 is 0. The first-order valence-electron chi connectivity index (χ1n) is 9.97. The number of hydrogen-bond acceptors (Lipinski definition) is 3. The van der Waals surface area contributed by atoms with Crippen molar-refractivity contribution in [1.82, 2.24) is 0 Å². The van der Waals surface area contributed by atoms with E-state index >= 15 is 0 Å². The highest BCUT2D eigenvalue weighted by molar-refractivity contribution is 5.98. The summed E-state index contributed by atoms with van der Waals surface area (Å²) < 4.78 is 0. The molecule has 0 radical (unpaired) electrons. The van der Waals surface area contributed by atoms with Crippen molar-refractivity contribution in [1.29, 1.82) is 0 Å². The second-order valence-electron chi connectivity index (χ2n) is 7.58. The zero-order chi connectivity index (χ0) is 20.0. The van der Waals surface area contributed by atoms with Gasteiger partial charge >= 0.3 is 0 Å². The molecule has 3 atom stereocenters. The molecule has 0 saturated heterocycles. The summed E-state index contributed by atoms with van der Waals surface area (Å²) in [4.78, 5) is 11.6. The highest BCUT2D eigenvalue weighted by Crippen LogP contribution is 2.33. The topological polar surface area (TPSA) is 57.5 Å². The largest absolute Gasteiger partial charge is 0.362 e. The Labute approximate surface area is 163 Å². The van der Waals surface area contributed by atoms with E-state index in [1.54, 1.807) is 12.1 Å². The monoisotopic (exact) mass is 368 g/mol. The predicted octanol–water partition coefficient (Wildman–Crippen LogP) is 5.38. The third-order valence-electron chi connectivity index (χ3n) is 5.72. The van der Waals surface area contributed by atoms with E-state index in [0.717, 1.165) is 24.8 Å². The fourth-order valence-corrected chi connectivity index (χ4v) is 3.56. The van der Waals surface area contributed by atoms with Crippen molar-refractivity contribution in [2.24, 2.45) is 0 Å². The summed E-state index contributed by atoms with van der Waals surface area (Å²) in [6.07, 6.45) is 1.32. The zero-order valence-electron chi connectivity index (χ0n) is 16.9. The van der Waals surface area contributed by atoms with Gasteiger partial charge in [0.05, 0.1) is 0 Å². The van der Waals surface area contributed by atoms with Crippen molar-refractivity contribution in [2.75, 3.05) is 0 Å². The minimum absolute atomic E-state index is 0.327. The van der Waals surface area contributed by atoms with Gasteiger partial charge in [0.15, 0.2) is 0 Å². The molecule has 0 aliphatic carbocycles. The summed E-state index contributed by atoms with van der Waals surface area (Å²) in [5, 5.41) is 18.0. The van der Waals surface area contributed by atoms with E-state index in [9.17, 15) is 4.79 Å². The lowest BCUT2D eigenvalue weighted by Gasteiger charge is -2.21. The molecule has 2 rings (SSSR count). The first-order chi connectivity index (χ1) is 12.9. The minimum atomic E-state index is -1.95. The minimum Gasteiger partial charge on any atom is -0.362 e. The van der Waals surface area contributed by atoms with E-state index in [1.807, 2.05) is 12.1 Å². The predicted molar refractivity (Wildman–Crippen MR) is 110 cm³/mol. The maximum atomic E-state index is 11.6. The molecule has 0 bridgehead atoms. The smallest absolute Gasteiger partial charge is 0.218 e. The number of carbonyl (C=O) groups is 1. The van der Waals surface area contributed by atoms with Crippen LogP contribution < -0.4 is 0 Å². The van der Waals surface area contributed by atoms with Crippen LogP contribution in [0, 0.1) is 0 Å². The average Bonchev–Trinajstić information content (AvgIpc) is 2.70. The molecule has 27 heavy (non-hydrogen) atoms. The van der Waals surface area contributed by atoms with E-state index in [4.69, 9.17) is 10.2 Å². The summed E-state index contributed by atoms with van der Waals surface area (Å²) in [6, 6.07) is 16.2. The van der Waals surface area contributed by atoms with Crippen LogP contribution >= 0.6 is 0 Å². The second-order valence-corrected chi connectivity index (χ2v) is 7.58. The van der Waals surface area contributed by atoms with Crippen molar-refractivity contribution >= 4 is 5.78 Å². The fourth-order valence-electron chi connectivity index (χ4n) is 3.56. The quantitative estimate of drug-likeness (QED) is 0.461. The van der Waals surface area contributed by atoms with Gasteiger partial charge in [-0.3, -0.25) is 4.79 Å². The van der Waals surface area contributed by atoms with Gasteiger partial charge in [-0.1, -0.05) is 76.2 Å². The molecule has 0 amide bonds.